The normalized spacial score (nSPS) is 17.4. The average Bonchev–Trinajstić information content (AvgIpc) is 4.03. The van der Waals surface area contributed by atoms with E-state index in [-0.39, 0.29) is 27.9 Å². The maximum absolute atomic E-state index is 13.0. The van der Waals surface area contributed by atoms with Crippen molar-refractivity contribution in [2.75, 3.05) is 39.2 Å². The van der Waals surface area contributed by atoms with Crippen LogP contribution in [0.5, 0.6) is 0 Å². The van der Waals surface area contributed by atoms with Crippen LogP contribution in [0.4, 0.5) is 21.6 Å². The Morgan fingerprint density at radius 2 is 1.43 bits per heavy atom. The van der Waals surface area contributed by atoms with Crippen molar-refractivity contribution in [1.29, 1.82) is 0 Å². The zero-order valence-corrected chi connectivity index (χ0v) is 35.7. The maximum Gasteiger partial charge on any atom is 0.265 e. The molecule has 0 bridgehead atoms. The lowest BCUT2D eigenvalue weighted by molar-refractivity contribution is -0.122. The third kappa shape index (κ3) is 9.82. The van der Waals surface area contributed by atoms with E-state index in [0.29, 0.717) is 51.2 Å². The molecule has 2 N–H and O–H groups in total. The lowest BCUT2D eigenvalue weighted by Crippen LogP contribution is -2.33. The van der Waals surface area contributed by atoms with Crippen molar-refractivity contribution < 1.29 is 39.0 Å². The van der Waals surface area contributed by atoms with Gasteiger partial charge in [-0.15, -0.1) is 22.7 Å². The molecule has 0 unspecified atom stereocenters. The van der Waals surface area contributed by atoms with Crippen LogP contribution in [0.15, 0.2) is 99.7 Å². The average molecular weight is 923 g/mol. The molecule has 0 spiro atoms. The molecular formula is C35H32ClN7O9S6. The van der Waals surface area contributed by atoms with E-state index in [2.05, 4.69) is 25.0 Å². The van der Waals surface area contributed by atoms with Gasteiger partial charge < -0.3 is 15.1 Å². The number of sulfone groups is 1. The summed E-state index contributed by atoms with van der Waals surface area (Å²) in [6.07, 6.45) is 3.78. The molecule has 0 aliphatic carbocycles. The van der Waals surface area contributed by atoms with Crippen molar-refractivity contribution in [3.8, 4) is 0 Å². The second-order valence-corrected chi connectivity index (χ2v) is 21.4. The molecule has 2 aliphatic heterocycles. The van der Waals surface area contributed by atoms with Gasteiger partial charge in [-0.3, -0.25) is 18.5 Å². The molecule has 2 saturated heterocycles. The zero-order valence-electron chi connectivity index (χ0n) is 30.1. The second kappa shape index (κ2) is 17.0. The van der Waals surface area contributed by atoms with E-state index in [1.807, 2.05) is 12.1 Å². The minimum Gasteiger partial charge on any atom is -0.350 e. The summed E-state index contributed by atoms with van der Waals surface area (Å²) in [5.41, 5.74) is 1.96. The summed E-state index contributed by atoms with van der Waals surface area (Å²) in [7, 11) is -11.0. The summed E-state index contributed by atoms with van der Waals surface area (Å²) < 4.78 is 80.4. The Balaban J connectivity index is 0.000000181. The van der Waals surface area contributed by atoms with Crippen molar-refractivity contribution in [3.63, 3.8) is 0 Å². The number of carbonyl (C=O) groups is 2. The molecule has 3 aromatic heterocycles. The minimum atomic E-state index is -3.74. The van der Waals surface area contributed by atoms with Crippen molar-refractivity contribution in [2.45, 2.75) is 40.5 Å². The third-order valence-corrected chi connectivity index (χ3v) is 15.3. The van der Waals surface area contributed by atoms with Gasteiger partial charge in [-0.1, -0.05) is 22.9 Å². The van der Waals surface area contributed by atoms with Crippen LogP contribution in [0, 0.1) is 0 Å². The molecule has 2 atom stereocenters. The van der Waals surface area contributed by atoms with Gasteiger partial charge in [-0.2, -0.15) is 8.42 Å². The van der Waals surface area contributed by atoms with E-state index in [1.165, 1.54) is 81.5 Å². The Morgan fingerprint density at radius 3 is 2.07 bits per heavy atom. The van der Waals surface area contributed by atoms with Gasteiger partial charge >= 0.3 is 0 Å². The van der Waals surface area contributed by atoms with Crippen molar-refractivity contribution in [3.05, 3.63) is 99.9 Å². The van der Waals surface area contributed by atoms with E-state index < -0.39 is 48.0 Å². The fourth-order valence-corrected chi connectivity index (χ4v) is 11.9. The van der Waals surface area contributed by atoms with E-state index in [1.54, 1.807) is 40.1 Å². The van der Waals surface area contributed by atoms with Gasteiger partial charge in [0, 0.05) is 59.1 Å². The predicted molar refractivity (Wildman–Crippen MR) is 225 cm³/mol. The third-order valence-electron chi connectivity index (χ3n) is 8.72. The van der Waals surface area contributed by atoms with E-state index >= 15 is 0 Å². The summed E-state index contributed by atoms with van der Waals surface area (Å²) in [6, 6.07) is 17.2. The molecule has 5 heterocycles. The number of nitrogens with one attached hydrogen (secondary N) is 2. The smallest absolute Gasteiger partial charge is 0.265 e. The lowest BCUT2D eigenvalue weighted by Gasteiger charge is -2.17. The second-order valence-electron chi connectivity index (χ2n) is 12.8. The number of rotatable bonds is 12. The SMILES string of the molecule is CS(=O)(=O)O[C@@H]1CCN(c2ccc(S(=O)(=O)Cc3nccs3)cc2)C1=O.O=C1[C@@H](Nc2nc3ccc(Cl)cc3s2)CCN1c1ccc(S(=O)(=O)Nc2nccs2)cc1. The first-order chi connectivity index (χ1) is 27.5. The lowest BCUT2D eigenvalue weighted by atomic mass is 10.2. The standard InChI is InChI=1S/C20H16ClN5O3S3.C15H16N2O6S3/c21-12-1-6-15-17(11-12)31-20(23-15)24-16-7-9-26(18(16)27)13-2-4-14(5-3-13)32(28,29)25-19-22-8-10-30-19;1-25(19,20)23-13-6-8-17(15(13)18)11-2-4-12(5-3-11)26(21,22)10-14-16-7-9-24-14/h1-6,8,10-11,16H,7,9H2,(H,22,25)(H,23,24);2-5,7,9,13H,6,8,10H2,1H3/t16-;13-/m01/s1. The van der Waals surface area contributed by atoms with Crippen molar-refractivity contribution >= 4 is 119 Å². The van der Waals surface area contributed by atoms with E-state index in [9.17, 15) is 34.8 Å². The number of thiazole rings is 3. The van der Waals surface area contributed by atoms with Crippen LogP contribution in [-0.4, -0.2) is 83.5 Å². The Morgan fingerprint density at radius 1 is 0.793 bits per heavy atom. The fourth-order valence-electron chi connectivity index (χ4n) is 6.05. The number of nitrogens with zero attached hydrogens (tertiary/aromatic N) is 5. The number of benzene rings is 3. The largest absolute Gasteiger partial charge is 0.350 e. The van der Waals surface area contributed by atoms with Gasteiger partial charge in [-0.25, -0.2) is 31.8 Å². The van der Waals surface area contributed by atoms with Crippen LogP contribution in [0.2, 0.25) is 5.02 Å². The highest BCUT2D eigenvalue weighted by Gasteiger charge is 2.36. The maximum atomic E-state index is 13.0. The molecule has 3 aromatic carbocycles. The number of hydrogen-bond donors (Lipinski definition) is 2. The monoisotopic (exact) mass is 921 g/mol. The van der Waals surface area contributed by atoms with Gasteiger partial charge in [0.15, 0.2) is 26.2 Å². The van der Waals surface area contributed by atoms with Crippen molar-refractivity contribution in [1.82, 2.24) is 15.0 Å². The van der Waals surface area contributed by atoms with Crippen LogP contribution in [0.25, 0.3) is 10.2 Å². The van der Waals surface area contributed by atoms with Crippen molar-refractivity contribution in [2.24, 2.45) is 0 Å². The first-order valence-corrected chi connectivity index (χ1v) is 25.0. The quantitative estimate of drug-likeness (QED) is 0.143. The van der Waals surface area contributed by atoms with Gasteiger partial charge in [0.1, 0.15) is 16.8 Å². The summed E-state index contributed by atoms with van der Waals surface area (Å²) in [5.74, 6) is -0.732. The molecule has 8 rings (SSSR count). The molecule has 2 amide bonds. The molecule has 23 heteroatoms. The summed E-state index contributed by atoms with van der Waals surface area (Å²) in [5, 5.41) is 8.73. The summed E-state index contributed by atoms with van der Waals surface area (Å²) in [6.45, 7) is 0.820. The fraction of sp³-hybridized carbons (Fsp3) is 0.229. The molecule has 2 fully saturated rings. The van der Waals surface area contributed by atoms with Crippen LogP contribution in [0.1, 0.15) is 17.8 Å². The molecule has 58 heavy (non-hydrogen) atoms. The van der Waals surface area contributed by atoms with Crippen LogP contribution in [-0.2, 0) is 49.5 Å². The van der Waals surface area contributed by atoms with Crippen LogP contribution in [0.3, 0.4) is 0 Å². The highest BCUT2D eigenvalue weighted by molar-refractivity contribution is 7.93. The molecule has 6 aromatic rings. The zero-order chi connectivity index (χ0) is 41.2. The summed E-state index contributed by atoms with van der Waals surface area (Å²) in [4.78, 5) is 40.9. The molecule has 304 valence electrons. The molecule has 0 radical (unpaired) electrons. The van der Waals surface area contributed by atoms with Crippen LogP contribution < -0.4 is 19.8 Å². The molecule has 16 nitrogen and oxygen atoms in total. The number of aromatic nitrogens is 3. The number of carbonyl (C=O) groups excluding carboxylic acids is 2. The first-order valence-electron chi connectivity index (χ1n) is 17.1. The minimum absolute atomic E-state index is 0.0844. The van der Waals surface area contributed by atoms with Gasteiger partial charge in [0.2, 0.25) is 5.91 Å². The number of fused-ring (bicyclic) bond motifs is 1. The Hall–Kier alpha value is -4.55. The van der Waals surface area contributed by atoms with Gasteiger partial charge in [0.05, 0.1) is 26.3 Å². The highest BCUT2D eigenvalue weighted by Crippen LogP contribution is 2.32. The topological polar surface area (TPSA) is 215 Å². The Labute approximate surface area is 350 Å². The first kappa shape index (κ1) is 41.6. The number of amides is 2. The molecular weight excluding hydrogens is 890 g/mol. The highest BCUT2D eigenvalue weighted by atomic mass is 35.5. The predicted octanol–water partition coefficient (Wildman–Crippen LogP) is 5.62. The number of hydrogen-bond acceptors (Lipinski definition) is 16. The molecule has 0 saturated carbocycles. The Bertz CT molecular complexity index is 2770. The summed E-state index contributed by atoms with van der Waals surface area (Å²) >= 11 is 9.95. The molecule has 2 aliphatic rings. The van der Waals surface area contributed by atoms with E-state index in [4.69, 9.17) is 15.8 Å². The Kier molecular flexibility index (Phi) is 12.2. The van der Waals surface area contributed by atoms with Gasteiger partial charge in [-0.05, 0) is 73.2 Å². The van der Waals surface area contributed by atoms with Crippen LogP contribution >= 0.6 is 45.6 Å². The van der Waals surface area contributed by atoms with E-state index in [0.717, 1.165) is 16.5 Å². The van der Waals surface area contributed by atoms with Gasteiger partial charge in [0.25, 0.3) is 26.0 Å². The number of sulfonamides is 1. The number of halogens is 1. The number of anilines is 4.